The molecule has 0 aromatic heterocycles. The SMILES string of the molecule is CCOC(=O)C1=C(C)NC(C)=C(C(=O)OCC)C1C1CC(C)(C)N([O])C(C)(C)C1. The van der Waals surface area contributed by atoms with Crippen molar-refractivity contribution in [3.05, 3.63) is 22.5 Å². The van der Waals surface area contributed by atoms with E-state index in [1.165, 1.54) is 0 Å². The number of nitrogens with one attached hydrogen (secondary N) is 1. The minimum absolute atomic E-state index is 0.0870. The molecule has 7 heteroatoms. The van der Waals surface area contributed by atoms with Crippen LogP contribution in [0.2, 0.25) is 0 Å². The van der Waals surface area contributed by atoms with Crippen molar-refractivity contribution in [2.24, 2.45) is 11.8 Å². The number of carbonyl (C=O) groups is 2. The number of hydrogen-bond donors (Lipinski definition) is 1. The van der Waals surface area contributed by atoms with Gasteiger partial charge in [-0.3, -0.25) is 0 Å². The molecule has 2 aliphatic rings. The van der Waals surface area contributed by atoms with Crippen LogP contribution in [0.15, 0.2) is 22.5 Å². The molecule has 0 atom stereocenters. The van der Waals surface area contributed by atoms with Crippen LogP contribution in [-0.4, -0.2) is 41.3 Å². The smallest absolute Gasteiger partial charge is 0.336 e. The molecule has 1 saturated heterocycles. The van der Waals surface area contributed by atoms with Crippen molar-refractivity contribution in [1.29, 1.82) is 0 Å². The molecule has 0 aromatic rings. The second-order valence-corrected chi connectivity index (χ2v) is 9.21. The van der Waals surface area contributed by atoms with Gasteiger partial charge in [-0.15, -0.1) is 10.3 Å². The number of carbonyl (C=O) groups excluding carboxylic acids is 2. The molecular weight excluding hydrogens is 372 g/mol. The van der Waals surface area contributed by atoms with E-state index in [1.54, 1.807) is 13.8 Å². The van der Waals surface area contributed by atoms with E-state index in [2.05, 4.69) is 5.32 Å². The van der Waals surface area contributed by atoms with Gasteiger partial charge in [0.25, 0.3) is 0 Å². The summed E-state index contributed by atoms with van der Waals surface area (Å²) in [5, 5.41) is 17.2. The van der Waals surface area contributed by atoms with Crippen LogP contribution >= 0.6 is 0 Å². The number of ether oxygens (including phenoxy) is 2. The second-order valence-electron chi connectivity index (χ2n) is 9.21. The Labute approximate surface area is 174 Å². The normalized spacial score (nSPS) is 23.1. The highest BCUT2D eigenvalue weighted by Gasteiger charge is 2.51. The third-order valence-electron chi connectivity index (χ3n) is 5.89. The highest BCUT2D eigenvalue weighted by Crippen LogP contribution is 2.48. The standard InChI is InChI=1S/C22H35N2O5/c1-9-28-19(25)16-13(3)23-14(4)17(20(26)29-10-2)18(16)15-11-21(5,6)24(27)22(7,8)12-15/h15,18,23H,9-12H2,1-8H3. The lowest BCUT2D eigenvalue weighted by atomic mass is 9.65. The highest BCUT2D eigenvalue weighted by molar-refractivity contribution is 5.98. The van der Waals surface area contributed by atoms with Crippen molar-refractivity contribution in [3.63, 3.8) is 0 Å². The molecule has 0 amide bonds. The number of esters is 2. The van der Waals surface area contributed by atoms with Crippen molar-refractivity contribution < 1.29 is 24.3 Å². The third-order valence-corrected chi connectivity index (χ3v) is 5.89. The first-order valence-electron chi connectivity index (χ1n) is 10.4. The zero-order valence-electron chi connectivity index (χ0n) is 19.0. The summed E-state index contributed by atoms with van der Waals surface area (Å²) in [4.78, 5) is 25.8. The van der Waals surface area contributed by atoms with Gasteiger partial charge >= 0.3 is 11.9 Å². The van der Waals surface area contributed by atoms with Crippen LogP contribution in [0.4, 0.5) is 0 Å². The lowest BCUT2D eigenvalue weighted by Crippen LogP contribution is -2.59. The Kier molecular flexibility index (Phi) is 6.85. The van der Waals surface area contributed by atoms with Crippen molar-refractivity contribution in [3.8, 4) is 0 Å². The number of dihydropyridines is 1. The quantitative estimate of drug-likeness (QED) is 0.702. The van der Waals surface area contributed by atoms with Gasteiger partial charge in [0.2, 0.25) is 0 Å². The van der Waals surface area contributed by atoms with E-state index in [1.807, 2.05) is 41.5 Å². The summed E-state index contributed by atoms with van der Waals surface area (Å²) >= 11 is 0. The van der Waals surface area contributed by atoms with Crippen LogP contribution in [0.25, 0.3) is 0 Å². The summed E-state index contributed by atoms with van der Waals surface area (Å²) in [7, 11) is 0. The molecule has 163 valence electrons. The Morgan fingerprint density at radius 2 is 1.31 bits per heavy atom. The molecule has 2 heterocycles. The Bertz CT molecular complexity index is 677. The van der Waals surface area contributed by atoms with Crippen LogP contribution in [0.1, 0.15) is 68.2 Å². The zero-order chi connectivity index (χ0) is 22.1. The Morgan fingerprint density at radius 3 is 1.66 bits per heavy atom. The van der Waals surface area contributed by atoms with Crippen molar-refractivity contribution in [1.82, 2.24) is 10.4 Å². The van der Waals surface area contributed by atoms with Gasteiger partial charge in [-0.25, -0.2) is 9.59 Å². The first-order valence-corrected chi connectivity index (χ1v) is 10.4. The predicted octanol–water partition coefficient (Wildman–Crippen LogP) is 3.49. The number of hydroxylamine groups is 2. The molecule has 0 bridgehead atoms. The molecule has 1 fully saturated rings. The summed E-state index contributed by atoms with van der Waals surface area (Å²) in [6.07, 6.45) is 1.11. The maximum Gasteiger partial charge on any atom is 0.336 e. The Balaban J connectivity index is 2.61. The van der Waals surface area contributed by atoms with E-state index in [0.29, 0.717) is 35.4 Å². The molecule has 1 radical (unpaired) electrons. The van der Waals surface area contributed by atoms with E-state index in [0.717, 1.165) is 5.06 Å². The first-order chi connectivity index (χ1) is 13.4. The van der Waals surface area contributed by atoms with Gasteiger partial charge in [0, 0.05) is 28.4 Å². The summed E-state index contributed by atoms with van der Waals surface area (Å²) in [6, 6.07) is 0. The van der Waals surface area contributed by atoms with Gasteiger partial charge in [0.05, 0.1) is 24.4 Å². The lowest BCUT2D eigenvalue weighted by Gasteiger charge is -2.52. The molecule has 29 heavy (non-hydrogen) atoms. The average molecular weight is 408 g/mol. The van der Waals surface area contributed by atoms with Gasteiger partial charge in [0.15, 0.2) is 0 Å². The van der Waals surface area contributed by atoms with Crippen LogP contribution in [0.3, 0.4) is 0 Å². The van der Waals surface area contributed by atoms with E-state index in [4.69, 9.17) is 9.47 Å². The second kappa shape index (κ2) is 8.48. The van der Waals surface area contributed by atoms with Crippen molar-refractivity contribution >= 4 is 11.9 Å². The van der Waals surface area contributed by atoms with Gasteiger partial charge in [-0.2, -0.15) is 0 Å². The highest BCUT2D eigenvalue weighted by atomic mass is 16.5. The number of hydrogen-bond acceptors (Lipinski definition) is 6. The summed E-state index contributed by atoms with van der Waals surface area (Å²) < 4.78 is 10.7. The minimum Gasteiger partial charge on any atom is -0.463 e. The van der Waals surface area contributed by atoms with Crippen LogP contribution in [-0.2, 0) is 24.3 Å². The molecule has 1 N–H and O–H groups in total. The van der Waals surface area contributed by atoms with Crippen LogP contribution < -0.4 is 5.32 Å². The van der Waals surface area contributed by atoms with Crippen LogP contribution in [0.5, 0.6) is 0 Å². The Morgan fingerprint density at radius 1 is 0.931 bits per heavy atom. The molecular formula is C22H35N2O5. The Hall–Kier alpha value is -1.86. The molecule has 0 unspecified atom stereocenters. The van der Waals surface area contributed by atoms with E-state index in [-0.39, 0.29) is 19.1 Å². The third kappa shape index (κ3) is 4.51. The fourth-order valence-corrected chi connectivity index (χ4v) is 5.05. The summed E-state index contributed by atoms with van der Waals surface area (Å²) in [5.41, 5.74) is 1.02. The minimum atomic E-state index is -0.626. The summed E-state index contributed by atoms with van der Waals surface area (Å²) in [6.45, 7) is 15.3. The largest absolute Gasteiger partial charge is 0.463 e. The van der Waals surface area contributed by atoms with Gasteiger partial charge in [-0.1, -0.05) is 0 Å². The van der Waals surface area contributed by atoms with E-state index in [9.17, 15) is 14.8 Å². The van der Waals surface area contributed by atoms with E-state index >= 15 is 0 Å². The molecule has 2 rings (SSSR count). The fraction of sp³-hybridized carbons (Fsp3) is 0.727. The monoisotopic (exact) mass is 407 g/mol. The molecule has 7 nitrogen and oxygen atoms in total. The lowest BCUT2D eigenvalue weighted by molar-refractivity contribution is -0.295. The number of rotatable bonds is 5. The van der Waals surface area contributed by atoms with E-state index < -0.39 is 28.9 Å². The first kappa shape index (κ1) is 23.4. The van der Waals surface area contributed by atoms with Crippen molar-refractivity contribution in [2.45, 2.75) is 79.3 Å². The molecule has 0 spiro atoms. The maximum absolute atomic E-state index is 12.9. The number of nitrogens with zero attached hydrogens (tertiary/aromatic N) is 1. The predicted molar refractivity (Wildman–Crippen MR) is 109 cm³/mol. The van der Waals surface area contributed by atoms with Gasteiger partial charge in [-0.05, 0) is 74.1 Å². The maximum atomic E-state index is 12.9. The number of piperidine rings is 1. The summed E-state index contributed by atoms with van der Waals surface area (Å²) in [5.74, 6) is -1.44. The topological polar surface area (TPSA) is 87.8 Å². The van der Waals surface area contributed by atoms with Gasteiger partial charge in [0.1, 0.15) is 0 Å². The fourth-order valence-electron chi connectivity index (χ4n) is 5.05. The molecule has 0 saturated carbocycles. The van der Waals surface area contributed by atoms with Gasteiger partial charge < -0.3 is 14.8 Å². The average Bonchev–Trinajstić information content (AvgIpc) is 2.58. The zero-order valence-corrected chi connectivity index (χ0v) is 19.0. The number of allylic oxidation sites excluding steroid dienone is 2. The molecule has 0 aromatic carbocycles. The van der Waals surface area contributed by atoms with Crippen molar-refractivity contribution in [2.75, 3.05) is 13.2 Å². The van der Waals surface area contributed by atoms with Crippen LogP contribution in [0, 0.1) is 11.8 Å². The molecule has 2 aliphatic heterocycles. The molecule has 0 aliphatic carbocycles.